The van der Waals surface area contributed by atoms with Gasteiger partial charge in [0.2, 0.25) is 11.7 Å². The number of rotatable bonds is 7. The molecule has 2 rings (SSSR count). The molecule has 0 saturated heterocycles. The van der Waals surface area contributed by atoms with Crippen LogP contribution in [0.25, 0.3) is 0 Å². The van der Waals surface area contributed by atoms with E-state index in [0.29, 0.717) is 28.6 Å². The molecule has 2 N–H and O–H groups in total. The van der Waals surface area contributed by atoms with Crippen LogP contribution in [0.2, 0.25) is 0 Å². The van der Waals surface area contributed by atoms with Gasteiger partial charge in [0.25, 0.3) is 5.91 Å². The first-order valence-corrected chi connectivity index (χ1v) is 7.54. The van der Waals surface area contributed by atoms with Crippen molar-refractivity contribution >= 4 is 23.2 Å². The summed E-state index contributed by atoms with van der Waals surface area (Å²) in [7, 11) is 3.02. The molecule has 0 saturated carbocycles. The summed E-state index contributed by atoms with van der Waals surface area (Å²) < 4.78 is 15.9. The molecule has 0 aromatic heterocycles. The Hall–Kier alpha value is -3.22. The van der Waals surface area contributed by atoms with E-state index in [1.165, 1.54) is 21.1 Å². The van der Waals surface area contributed by atoms with Crippen LogP contribution in [-0.4, -0.2) is 32.6 Å². The Bertz CT molecular complexity index is 761. The normalized spacial score (nSPS) is 9.88. The zero-order valence-electron chi connectivity index (χ0n) is 14.3. The average molecular weight is 344 g/mol. The number of hydrogen-bond acceptors (Lipinski definition) is 5. The van der Waals surface area contributed by atoms with Crippen molar-refractivity contribution in [2.45, 2.75) is 6.92 Å². The van der Waals surface area contributed by atoms with E-state index in [9.17, 15) is 9.59 Å². The molecule has 0 spiro atoms. The average Bonchev–Trinajstić information content (AvgIpc) is 2.59. The molecule has 0 radical (unpaired) electrons. The number of para-hydroxylation sites is 1. The van der Waals surface area contributed by atoms with E-state index >= 15 is 0 Å². The van der Waals surface area contributed by atoms with Gasteiger partial charge in [-0.25, -0.2) is 0 Å². The SMILES string of the molecule is COc1cccc(OCC(=O)Nc2cccc(NC(C)=O)c2)c1OC. The second-order valence-electron chi connectivity index (χ2n) is 5.09. The molecular formula is C18H20N2O5. The van der Waals surface area contributed by atoms with Crippen LogP contribution in [0.5, 0.6) is 17.2 Å². The molecule has 0 heterocycles. The summed E-state index contributed by atoms with van der Waals surface area (Å²) in [5.74, 6) is 0.819. The fraction of sp³-hybridized carbons (Fsp3) is 0.222. The number of benzene rings is 2. The Morgan fingerprint density at radius 1 is 0.920 bits per heavy atom. The smallest absolute Gasteiger partial charge is 0.262 e. The number of carbonyl (C=O) groups is 2. The minimum absolute atomic E-state index is 0.183. The maximum Gasteiger partial charge on any atom is 0.262 e. The van der Waals surface area contributed by atoms with Crippen molar-refractivity contribution in [2.75, 3.05) is 31.5 Å². The van der Waals surface area contributed by atoms with Gasteiger partial charge in [-0.3, -0.25) is 9.59 Å². The molecule has 0 atom stereocenters. The van der Waals surface area contributed by atoms with Crippen molar-refractivity contribution in [3.05, 3.63) is 42.5 Å². The predicted molar refractivity (Wildman–Crippen MR) is 94.4 cm³/mol. The molecule has 2 aromatic carbocycles. The number of carbonyl (C=O) groups excluding carboxylic acids is 2. The molecule has 0 aliphatic heterocycles. The largest absolute Gasteiger partial charge is 0.493 e. The number of anilines is 2. The van der Waals surface area contributed by atoms with Crippen LogP contribution in [0.1, 0.15) is 6.92 Å². The number of methoxy groups -OCH3 is 2. The van der Waals surface area contributed by atoms with E-state index in [0.717, 1.165) is 0 Å². The van der Waals surface area contributed by atoms with Gasteiger partial charge in [-0.05, 0) is 30.3 Å². The van der Waals surface area contributed by atoms with Crippen LogP contribution >= 0.6 is 0 Å². The Balaban J connectivity index is 1.99. The molecular weight excluding hydrogens is 324 g/mol. The molecule has 0 aliphatic rings. The molecule has 2 aromatic rings. The van der Waals surface area contributed by atoms with Gasteiger partial charge in [0, 0.05) is 18.3 Å². The van der Waals surface area contributed by atoms with Gasteiger partial charge < -0.3 is 24.8 Å². The molecule has 132 valence electrons. The maximum atomic E-state index is 12.1. The van der Waals surface area contributed by atoms with Gasteiger partial charge in [-0.2, -0.15) is 0 Å². The first kappa shape index (κ1) is 18.1. The molecule has 25 heavy (non-hydrogen) atoms. The lowest BCUT2D eigenvalue weighted by Crippen LogP contribution is -2.20. The van der Waals surface area contributed by atoms with Crippen molar-refractivity contribution in [3.63, 3.8) is 0 Å². The van der Waals surface area contributed by atoms with Gasteiger partial charge in [0.1, 0.15) is 0 Å². The summed E-state index contributed by atoms with van der Waals surface area (Å²) in [6, 6.07) is 12.0. The van der Waals surface area contributed by atoms with E-state index in [2.05, 4.69) is 10.6 Å². The molecule has 7 nitrogen and oxygen atoms in total. The van der Waals surface area contributed by atoms with Gasteiger partial charge in [-0.1, -0.05) is 12.1 Å². The molecule has 0 fully saturated rings. The lowest BCUT2D eigenvalue weighted by Gasteiger charge is -2.13. The van der Waals surface area contributed by atoms with Gasteiger partial charge >= 0.3 is 0 Å². The molecule has 0 bridgehead atoms. The van der Waals surface area contributed by atoms with E-state index in [4.69, 9.17) is 14.2 Å². The first-order valence-electron chi connectivity index (χ1n) is 7.54. The first-order chi connectivity index (χ1) is 12.0. The maximum absolute atomic E-state index is 12.1. The highest BCUT2D eigenvalue weighted by atomic mass is 16.5. The third kappa shape index (κ3) is 5.13. The molecule has 2 amide bonds. The quantitative estimate of drug-likeness (QED) is 0.806. The van der Waals surface area contributed by atoms with E-state index in [-0.39, 0.29) is 18.4 Å². The minimum Gasteiger partial charge on any atom is -0.493 e. The second kappa shape index (κ2) is 8.58. The zero-order chi connectivity index (χ0) is 18.2. The Morgan fingerprint density at radius 3 is 2.20 bits per heavy atom. The van der Waals surface area contributed by atoms with Crippen molar-refractivity contribution in [1.82, 2.24) is 0 Å². The van der Waals surface area contributed by atoms with E-state index < -0.39 is 0 Å². The van der Waals surface area contributed by atoms with Crippen molar-refractivity contribution in [2.24, 2.45) is 0 Å². The molecule has 0 aliphatic carbocycles. The number of ether oxygens (including phenoxy) is 3. The van der Waals surface area contributed by atoms with Gasteiger partial charge in [-0.15, -0.1) is 0 Å². The highest BCUT2D eigenvalue weighted by Gasteiger charge is 2.12. The summed E-state index contributed by atoms with van der Waals surface area (Å²) in [6.45, 7) is 1.22. The van der Waals surface area contributed by atoms with Crippen LogP contribution in [0, 0.1) is 0 Å². The van der Waals surface area contributed by atoms with Crippen molar-refractivity contribution in [1.29, 1.82) is 0 Å². The monoisotopic (exact) mass is 344 g/mol. The summed E-state index contributed by atoms with van der Waals surface area (Å²) in [5.41, 5.74) is 1.15. The van der Waals surface area contributed by atoms with Crippen LogP contribution in [0.3, 0.4) is 0 Å². The number of nitrogens with one attached hydrogen (secondary N) is 2. The predicted octanol–water partition coefficient (Wildman–Crippen LogP) is 2.68. The van der Waals surface area contributed by atoms with Crippen LogP contribution in [0.4, 0.5) is 11.4 Å². The summed E-state index contributed by atoms with van der Waals surface area (Å²) in [5, 5.41) is 5.36. The summed E-state index contributed by atoms with van der Waals surface area (Å²) in [6.07, 6.45) is 0. The minimum atomic E-state index is -0.343. The van der Waals surface area contributed by atoms with Crippen molar-refractivity contribution < 1.29 is 23.8 Å². The third-order valence-electron chi connectivity index (χ3n) is 3.19. The Kier molecular flexibility index (Phi) is 6.22. The Labute approximate surface area is 145 Å². The third-order valence-corrected chi connectivity index (χ3v) is 3.19. The van der Waals surface area contributed by atoms with E-state index in [1.807, 2.05) is 0 Å². The van der Waals surface area contributed by atoms with Gasteiger partial charge in [0.05, 0.1) is 14.2 Å². The zero-order valence-corrected chi connectivity index (χ0v) is 14.3. The van der Waals surface area contributed by atoms with Gasteiger partial charge in [0.15, 0.2) is 18.1 Å². The fourth-order valence-corrected chi connectivity index (χ4v) is 2.19. The summed E-state index contributed by atoms with van der Waals surface area (Å²) >= 11 is 0. The highest BCUT2D eigenvalue weighted by Crippen LogP contribution is 2.36. The molecule has 7 heteroatoms. The lowest BCUT2D eigenvalue weighted by molar-refractivity contribution is -0.118. The van der Waals surface area contributed by atoms with Crippen LogP contribution in [-0.2, 0) is 9.59 Å². The van der Waals surface area contributed by atoms with E-state index in [1.54, 1.807) is 42.5 Å². The van der Waals surface area contributed by atoms with Crippen LogP contribution < -0.4 is 24.8 Å². The standard InChI is InChI=1S/C18H20N2O5/c1-12(21)19-13-6-4-7-14(10-13)20-17(22)11-25-16-9-5-8-15(23-2)18(16)24-3/h4-10H,11H2,1-3H3,(H,19,21)(H,20,22). The molecule has 0 unspecified atom stereocenters. The second-order valence-corrected chi connectivity index (χ2v) is 5.09. The Morgan fingerprint density at radius 2 is 1.56 bits per heavy atom. The number of hydrogen-bond donors (Lipinski definition) is 2. The topological polar surface area (TPSA) is 85.9 Å². The van der Waals surface area contributed by atoms with Crippen LogP contribution in [0.15, 0.2) is 42.5 Å². The lowest BCUT2D eigenvalue weighted by atomic mass is 10.2. The fourth-order valence-electron chi connectivity index (χ4n) is 2.19. The number of amides is 2. The van der Waals surface area contributed by atoms with Crippen molar-refractivity contribution in [3.8, 4) is 17.2 Å². The highest BCUT2D eigenvalue weighted by molar-refractivity contribution is 5.94. The summed E-state index contributed by atoms with van der Waals surface area (Å²) in [4.78, 5) is 23.2.